The quantitative estimate of drug-likeness (QED) is 0.765. The molecule has 0 N–H and O–H groups in total. The van der Waals surface area contributed by atoms with E-state index in [2.05, 4.69) is 0 Å². The molecule has 0 aromatic heterocycles. The Morgan fingerprint density at radius 1 is 1.00 bits per heavy atom. The minimum Gasteiger partial charge on any atom is -0.273 e. The van der Waals surface area contributed by atoms with E-state index in [-0.39, 0.29) is 11.8 Å². The summed E-state index contributed by atoms with van der Waals surface area (Å²) in [7, 11) is 0. The number of carbonyl (C=O) groups is 2. The number of anilines is 1. The van der Waals surface area contributed by atoms with Crippen LogP contribution in [-0.4, -0.2) is 23.4 Å². The van der Waals surface area contributed by atoms with Gasteiger partial charge in [0.05, 0.1) is 5.69 Å². The SMILES string of the molecule is CCCC(=O)N(CC)N(C(=O)CC)c1ccccc1. The number of rotatable bonds is 5. The van der Waals surface area contributed by atoms with Crippen molar-refractivity contribution in [2.45, 2.75) is 40.0 Å². The van der Waals surface area contributed by atoms with E-state index in [1.165, 1.54) is 10.0 Å². The molecular formula is C15H22N2O2. The molecule has 0 atom stereocenters. The fraction of sp³-hybridized carbons (Fsp3) is 0.467. The van der Waals surface area contributed by atoms with Gasteiger partial charge in [0.15, 0.2) is 0 Å². The summed E-state index contributed by atoms with van der Waals surface area (Å²) in [5.74, 6) is -0.0897. The second kappa shape index (κ2) is 7.56. The maximum absolute atomic E-state index is 12.2. The Morgan fingerprint density at radius 3 is 2.11 bits per heavy atom. The third-order valence-corrected chi connectivity index (χ3v) is 2.83. The van der Waals surface area contributed by atoms with E-state index in [1.807, 2.05) is 44.2 Å². The first-order valence-corrected chi connectivity index (χ1v) is 6.83. The van der Waals surface area contributed by atoms with Crippen LogP contribution in [0.25, 0.3) is 0 Å². The zero-order chi connectivity index (χ0) is 14.3. The van der Waals surface area contributed by atoms with Crippen molar-refractivity contribution in [2.24, 2.45) is 0 Å². The molecule has 0 spiro atoms. The normalized spacial score (nSPS) is 10.1. The molecule has 0 fully saturated rings. The highest BCUT2D eigenvalue weighted by Gasteiger charge is 2.24. The highest BCUT2D eigenvalue weighted by Crippen LogP contribution is 2.18. The molecule has 1 rings (SSSR count). The molecule has 0 radical (unpaired) electrons. The third-order valence-electron chi connectivity index (χ3n) is 2.83. The number of hydrogen-bond acceptors (Lipinski definition) is 2. The summed E-state index contributed by atoms with van der Waals surface area (Å²) >= 11 is 0. The first kappa shape index (κ1) is 15.2. The van der Waals surface area contributed by atoms with Crippen molar-refractivity contribution in [3.05, 3.63) is 30.3 Å². The van der Waals surface area contributed by atoms with E-state index in [9.17, 15) is 9.59 Å². The van der Waals surface area contributed by atoms with Crippen molar-refractivity contribution in [1.82, 2.24) is 5.01 Å². The van der Waals surface area contributed by atoms with Crippen molar-refractivity contribution in [3.8, 4) is 0 Å². The summed E-state index contributed by atoms with van der Waals surface area (Å²) in [6, 6.07) is 9.31. The molecular weight excluding hydrogens is 240 g/mol. The van der Waals surface area contributed by atoms with Gasteiger partial charge < -0.3 is 0 Å². The number of carbonyl (C=O) groups excluding carboxylic acids is 2. The van der Waals surface area contributed by atoms with Crippen LogP contribution in [0.4, 0.5) is 5.69 Å². The topological polar surface area (TPSA) is 40.6 Å². The van der Waals surface area contributed by atoms with Crippen LogP contribution in [0.2, 0.25) is 0 Å². The zero-order valence-corrected chi connectivity index (χ0v) is 11.9. The van der Waals surface area contributed by atoms with Crippen LogP contribution >= 0.6 is 0 Å². The summed E-state index contributed by atoms with van der Waals surface area (Å²) in [6.45, 7) is 6.13. The lowest BCUT2D eigenvalue weighted by Gasteiger charge is -2.34. The van der Waals surface area contributed by atoms with Gasteiger partial charge in [-0.05, 0) is 25.5 Å². The van der Waals surface area contributed by atoms with Crippen LogP contribution < -0.4 is 5.01 Å². The van der Waals surface area contributed by atoms with Gasteiger partial charge in [0, 0.05) is 19.4 Å². The highest BCUT2D eigenvalue weighted by atomic mass is 16.2. The number of nitrogens with zero attached hydrogens (tertiary/aromatic N) is 2. The van der Waals surface area contributed by atoms with E-state index in [0.717, 1.165) is 12.1 Å². The van der Waals surface area contributed by atoms with Crippen LogP contribution in [-0.2, 0) is 9.59 Å². The second-order valence-electron chi connectivity index (χ2n) is 4.25. The zero-order valence-electron chi connectivity index (χ0n) is 11.9. The van der Waals surface area contributed by atoms with E-state index in [4.69, 9.17) is 0 Å². The van der Waals surface area contributed by atoms with Crippen LogP contribution in [0.15, 0.2) is 30.3 Å². The van der Waals surface area contributed by atoms with Gasteiger partial charge in [-0.2, -0.15) is 0 Å². The van der Waals surface area contributed by atoms with Crippen molar-refractivity contribution in [2.75, 3.05) is 11.6 Å². The average Bonchev–Trinajstić information content (AvgIpc) is 2.44. The lowest BCUT2D eigenvalue weighted by molar-refractivity contribution is -0.136. The van der Waals surface area contributed by atoms with Crippen LogP contribution in [0, 0.1) is 0 Å². The Morgan fingerprint density at radius 2 is 1.63 bits per heavy atom. The van der Waals surface area contributed by atoms with Gasteiger partial charge in [-0.15, -0.1) is 0 Å². The van der Waals surface area contributed by atoms with Crippen LogP contribution in [0.1, 0.15) is 40.0 Å². The molecule has 19 heavy (non-hydrogen) atoms. The number of para-hydroxylation sites is 1. The standard InChI is InChI=1S/C15H22N2O2/c1-4-10-15(19)16(6-3)17(14(18)5-2)13-11-8-7-9-12-13/h7-9,11-12H,4-6,10H2,1-3H3. The molecule has 0 saturated heterocycles. The van der Waals surface area contributed by atoms with E-state index in [1.54, 1.807) is 6.92 Å². The average molecular weight is 262 g/mol. The Balaban J connectivity index is 3.08. The van der Waals surface area contributed by atoms with Crippen molar-refractivity contribution in [1.29, 1.82) is 0 Å². The molecule has 4 nitrogen and oxygen atoms in total. The monoisotopic (exact) mass is 262 g/mol. The molecule has 4 heteroatoms. The second-order valence-corrected chi connectivity index (χ2v) is 4.25. The maximum Gasteiger partial charge on any atom is 0.245 e. The molecule has 0 saturated carbocycles. The van der Waals surface area contributed by atoms with Gasteiger partial charge in [0.25, 0.3) is 0 Å². The predicted molar refractivity (Wildman–Crippen MR) is 76.5 cm³/mol. The van der Waals surface area contributed by atoms with E-state index < -0.39 is 0 Å². The summed E-state index contributed by atoms with van der Waals surface area (Å²) < 4.78 is 0. The first-order chi connectivity index (χ1) is 9.15. The Bertz CT molecular complexity index is 417. The Kier molecular flexibility index (Phi) is 6.06. The van der Waals surface area contributed by atoms with Gasteiger partial charge >= 0.3 is 0 Å². The van der Waals surface area contributed by atoms with Gasteiger partial charge in [0.2, 0.25) is 11.8 Å². The number of benzene rings is 1. The fourth-order valence-corrected chi connectivity index (χ4v) is 1.91. The summed E-state index contributed by atoms with van der Waals surface area (Å²) in [5, 5.41) is 3.03. The number of hydrogen-bond donors (Lipinski definition) is 0. The lowest BCUT2D eigenvalue weighted by Crippen LogP contribution is -2.49. The summed E-state index contributed by atoms with van der Waals surface area (Å²) in [5.41, 5.74) is 0.737. The first-order valence-electron chi connectivity index (χ1n) is 6.83. The Labute approximate surface area is 115 Å². The molecule has 0 heterocycles. The molecule has 0 aliphatic carbocycles. The predicted octanol–water partition coefficient (Wildman–Crippen LogP) is 2.99. The Hall–Kier alpha value is -1.84. The van der Waals surface area contributed by atoms with Crippen LogP contribution in [0.5, 0.6) is 0 Å². The van der Waals surface area contributed by atoms with E-state index in [0.29, 0.717) is 19.4 Å². The van der Waals surface area contributed by atoms with Crippen molar-refractivity contribution in [3.63, 3.8) is 0 Å². The molecule has 0 aliphatic heterocycles. The summed E-state index contributed by atoms with van der Waals surface area (Å²) in [6.07, 6.45) is 1.59. The maximum atomic E-state index is 12.2. The molecule has 1 aromatic carbocycles. The minimum absolute atomic E-state index is 0.0179. The molecule has 2 amide bonds. The van der Waals surface area contributed by atoms with Gasteiger partial charge in [-0.1, -0.05) is 32.0 Å². The van der Waals surface area contributed by atoms with Gasteiger partial charge in [-0.25, -0.2) is 10.0 Å². The fourth-order valence-electron chi connectivity index (χ4n) is 1.91. The van der Waals surface area contributed by atoms with Gasteiger partial charge in [-0.3, -0.25) is 9.59 Å². The molecule has 0 bridgehead atoms. The number of hydrazine groups is 1. The molecule has 1 aromatic rings. The lowest BCUT2D eigenvalue weighted by atomic mass is 10.2. The van der Waals surface area contributed by atoms with Crippen molar-refractivity contribution >= 4 is 17.5 Å². The summed E-state index contributed by atoms with van der Waals surface area (Å²) in [4.78, 5) is 24.3. The minimum atomic E-state index is -0.0718. The van der Waals surface area contributed by atoms with Gasteiger partial charge in [0.1, 0.15) is 0 Å². The number of amides is 2. The molecule has 104 valence electrons. The largest absolute Gasteiger partial charge is 0.273 e. The highest BCUT2D eigenvalue weighted by molar-refractivity contribution is 5.96. The van der Waals surface area contributed by atoms with Crippen molar-refractivity contribution < 1.29 is 9.59 Å². The smallest absolute Gasteiger partial charge is 0.245 e. The van der Waals surface area contributed by atoms with Crippen LogP contribution in [0.3, 0.4) is 0 Å². The molecule has 0 unspecified atom stereocenters. The third kappa shape index (κ3) is 3.81. The molecule has 0 aliphatic rings. The van der Waals surface area contributed by atoms with E-state index >= 15 is 0 Å².